The van der Waals surface area contributed by atoms with E-state index in [0.29, 0.717) is 16.6 Å². The highest BCUT2D eigenvalue weighted by Gasteiger charge is 2.07. The molecule has 0 aromatic heterocycles. The smallest absolute Gasteiger partial charge is 0.172 e. The number of benzene rings is 1. The molecule has 3 nitrogen and oxygen atoms in total. The summed E-state index contributed by atoms with van der Waals surface area (Å²) in [7, 11) is 1.51. The summed E-state index contributed by atoms with van der Waals surface area (Å²) in [5, 5.41) is 18.2. The van der Waals surface area contributed by atoms with Gasteiger partial charge < -0.3 is 14.9 Å². The van der Waals surface area contributed by atoms with Crippen LogP contribution in [0, 0.1) is 0 Å². The fourth-order valence-corrected chi connectivity index (χ4v) is 1.70. The molecule has 0 spiro atoms. The van der Waals surface area contributed by atoms with Crippen LogP contribution in [-0.2, 0) is 6.42 Å². The molecule has 0 aliphatic rings. The maximum atomic E-state index is 9.53. The van der Waals surface area contributed by atoms with Crippen molar-refractivity contribution in [3.05, 3.63) is 22.2 Å². The lowest BCUT2D eigenvalue weighted by molar-refractivity contribution is 0.288. The quantitative estimate of drug-likeness (QED) is 0.872. The predicted octanol–water partition coefficient (Wildman–Crippen LogP) is 2.09. The highest BCUT2D eigenvalue weighted by Crippen LogP contribution is 2.35. The monoisotopic (exact) mass is 260 g/mol. The Morgan fingerprint density at radius 2 is 2.14 bits per heavy atom. The lowest BCUT2D eigenvalue weighted by Gasteiger charge is -2.08. The third-order valence-electron chi connectivity index (χ3n) is 1.93. The van der Waals surface area contributed by atoms with Crippen LogP contribution in [0.15, 0.2) is 16.6 Å². The number of aromatic hydroxyl groups is 1. The Balaban J connectivity index is 2.91. The van der Waals surface area contributed by atoms with Crippen LogP contribution in [0.5, 0.6) is 11.5 Å². The van der Waals surface area contributed by atoms with Crippen molar-refractivity contribution in [2.45, 2.75) is 12.8 Å². The van der Waals surface area contributed by atoms with Crippen molar-refractivity contribution >= 4 is 15.9 Å². The van der Waals surface area contributed by atoms with Crippen molar-refractivity contribution in [2.24, 2.45) is 0 Å². The first-order valence-electron chi connectivity index (χ1n) is 4.35. The fourth-order valence-electron chi connectivity index (χ4n) is 1.21. The molecule has 0 fully saturated rings. The molecular weight excluding hydrogens is 248 g/mol. The first kappa shape index (κ1) is 11.3. The topological polar surface area (TPSA) is 49.7 Å². The molecule has 0 radical (unpaired) electrons. The SMILES string of the molecule is COc1cc(CCCO)cc(Br)c1O. The number of hydrogen-bond donors (Lipinski definition) is 2. The first-order valence-corrected chi connectivity index (χ1v) is 5.14. The van der Waals surface area contributed by atoms with Gasteiger partial charge in [-0.2, -0.15) is 0 Å². The Bertz CT molecular complexity index is 312. The number of halogens is 1. The van der Waals surface area contributed by atoms with Crippen LogP contribution in [-0.4, -0.2) is 23.9 Å². The molecule has 4 heteroatoms. The molecular formula is C10H13BrO3. The number of aliphatic hydroxyl groups excluding tert-OH is 1. The molecule has 0 aliphatic heterocycles. The second-order valence-electron chi connectivity index (χ2n) is 2.96. The third-order valence-corrected chi connectivity index (χ3v) is 2.54. The van der Waals surface area contributed by atoms with E-state index in [1.807, 2.05) is 6.07 Å². The number of rotatable bonds is 4. The molecule has 0 amide bonds. The van der Waals surface area contributed by atoms with Crippen molar-refractivity contribution in [1.82, 2.24) is 0 Å². The molecule has 0 saturated heterocycles. The molecule has 0 saturated carbocycles. The van der Waals surface area contributed by atoms with Gasteiger partial charge in [-0.25, -0.2) is 0 Å². The highest BCUT2D eigenvalue weighted by atomic mass is 79.9. The molecule has 2 N–H and O–H groups in total. The minimum atomic E-state index is 0.111. The Kier molecular flexibility index (Phi) is 4.22. The number of aliphatic hydroxyl groups is 1. The molecule has 0 heterocycles. The summed E-state index contributed by atoms with van der Waals surface area (Å²) in [6.07, 6.45) is 1.48. The minimum Gasteiger partial charge on any atom is -0.503 e. The number of hydrogen-bond acceptors (Lipinski definition) is 3. The lowest BCUT2D eigenvalue weighted by Crippen LogP contribution is -1.92. The summed E-state index contributed by atoms with van der Waals surface area (Å²) < 4.78 is 5.62. The Morgan fingerprint density at radius 3 is 2.71 bits per heavy atom. The van der Waals surface area contributed by atoms with Gasteiger partial charge in [0.1, 0.15) is 0 Å². The van der Waals surface area contributed by atoms with Crippen molar-refractivity contribution in [3.8, 4) is 11.5 Å². The van der Waals surface area contributed by atoms with Gasteiger partial charge in [-0.3, -0.25) is 0 Å². The molecule has 14 heavy (non-hydrogen) atoms. The summed E-state index contributed by atoms with van der Waals surface area (Å²) in [5.41, 5.74) is 1.03. The van der Waals surface area contributed by atoms with E-state index in [4.69, 9.17) is 9.84 Å². The Labute approximate surface area is 91.5 Å². The molecule has 0 unspecified atom stereocenters. The van der Waals surface area contributed by atoms with Crippen molar-refractivity contribution in [3.63, 3.8) is 0 Å². The first-order chi connectivity index (χ1) is 6.69. The van der Waals surface area contributed by atoms with E-state index >= 15 is 0 Å². The lowest BCUT2D eigenvalue weighted by atomic mass is 10.1. The number of methoxy groups -OCH3 is 1. The standard InChI is InChI=1S/C10H13BrO3/c1-14-9-6-7(3-2-4-12)5-8(11)10(9)13/h5-6,12-13H,2-4H2,1H3. The van der Waals surface area contributed by atoms with E-state index in [9.17, 15) is 5.11 Å². The van der Waals surface area contributed by atoms with Gasteiger partial charge in [-0.1, -0.05) is 0 Å². The zero-order valence-corrected chi connectivity index (χ0v) is 9.54. The average molecular weight is 261 g/mol. The predicted molar refractivity (Wildman–Crippen MR) is 57.8 cm³/mol. The van der Waals surface area contributed by atoms with Crippen LogP contribution in [0.2, 0.25) is 0 Å². The maximum Gasteiger partial charge on any atom is 0.172 e. The summed E-state index contributed by atoms with van der Waals surface area (Å²) >= 11 is 3.24. The van der Waals surface area contributed by atoms with Crippen molar-refractivity contribution < 1.29 is 14.9 Å². The van der Waals surface area contributed by atoms with E-state index < -0.39 is 0 Å². The molecule has 0 aliphatic carbocycles. The summed E-state index contributed by atoms with van der Waals surface area (Å²) in [5.74, 6) is 0.563. The number of phenols is 1. The second kappa shape index (κ2) is 5.22. The zero-order chi connectivity index (χ0) is 10.6. The molecule has 1 rings (SSSR count). The minimum absolute atomic E-state index is 0.111. The van der Waals surface area contributed by atoms with Crippen LogP contribution < -0.4 is 4.74 Å². The average Bonchev–Trinajstić information content (AvgIpc) is 2.19. The summed E-state index contributed by atoms with van der Waals surface area (Å²) in [6, 6.07) is 3.60. The Morgan fingerprint density at radius 1 is 1.43 bits per heavy atom. The van der Waals surface area contributed by atoms with Gasteiger partial charge in [0.15, 0.2) is 11.5 Å². The van der Waals surface area contributed by atoms with E-state index in [1.165, 1.54) is 7.11 Å². The van der Waals surface area contributed by atoms with Gasteiger partial charge in [-0.15, -0.1) is 0 Å². The van der Waals surface area contributed by atoms with E-state index in [0.717, 1.165) is 12.0 Å². The van der Waals surface area contributed by atoms with Crippen LogP contribution in [0.1, 0.15) is 12.0 Å². The van der Waals surface area contributed by atoms with E-state index in [2.05, 4.69) is 15.9 Å². The van der Waals surface area contributed by atoms with Gasteiger partial charge in [0.25, 0.3) is 0 Å². The number of ether oxygens (including phenoxy) is 1. The summed E-state index contributed by atoms with van der Waals surface area (Å²) in [6.45, 7) is 0.167. The van der Waals surface area contributed by atoms with Crippen molar-refractivity contribution in [2.75, 3.05) is 13.7 Å². The van der Waals surface area contributed by atoms with Gasteiger partial charge in [0.05, 0.1) is 11.6 Å². The Hall–Kier alpha value is -0.740. The molecule has 1 aromatic rings. The van der Waals surface area contributed by atoms with Gasteiger partial charge >= 0.3 is 0 Å². The van der Waals surface area contributed by atoms with Crippen LogP contribution in [0.25, 0.3) is 0 Å². The number of phenolic OH excluding ortho intramolecular Hbond substituents is 1. The molecule has 0 bridgehead atoms. The highest BCUT2D eigenvalue weighted by molar-refractivity contribution is 9.10. The van der Waals surface area contributed by atoms with Crippen LogP contribution in [0.3, 0.4) is 0 Å². The van der Waals surface area contributed by atoms with Gasteiger partial charge in [0.2, 0.25) is 0 Å². The second-order valence-corrected chi connectivity index (χ2v) is 3.81. The maximum absolute atomic E-state index is 9.53. The normalized spacial score (nSPS) is 10.2. The van der Waals surface area contributed by atoms with Crippen LogP contribution in [0.4, 0.5) is 0 Å². The van der Waals surface area contributed by atoms with Crippen molar-refractivity contribution in [1.29, 1.82) is 0 Å². The fraction of sp³-hybridized carbons (Fsp3) is 0.400. The third kappa shape index (κ3) is 2.62. The number of aryl methyl sites for hydroxylation is 1. The van der Waals surface area contributed by atoms with Gasteiger partial charge in [-0.05, 0) is 46.5 Å². The summed E-state index contributed by atoms with van der Waals surface area (Å²) in [4.78, 5) is 0. The van der Waals surface area contributed by atoms with Crippen LogP contribution >= 0.6 is 15.9 Å². The molecule has 78 valence electrons. The largest absolute Gasteiger partial charge is 0.503 e. The van der Waals surface area contributed by atoms with Gasteiger partial charge in [0, 0.05) is 6.61 Å². The molecule has 0 atom stereocenters. The molecule has 1 aromatic carbocycles. The van der Waals surface area contributed by atoms with E-state index in [-0.39, 0.29) is 12.4 Å². The van der Waals surface area contributed by atoms with E-state index in [1.54, 1.807) is 6.07 Å². The zero-order valence-electron chi connectivity index (χ0n) is 7.96.